The molecule has 2 N–H and O–H groups in total. The van der Waals surface area contributed by atoms with Crippen LogP contribution in [0, 0.1) is 11.3 Å². The van der Waals surface area contributed by atoms with Crippen LogP contribution in [0.25, 0.3) is 0 Å². The highest BCUT2D eigenvalue weighted by molar-refractivity contribution is 9.10. The smallest absolute Gasteiger partial charge is 0.120 e. The number of nitriles is 1. The summed E-state index contributed by atoms with van der Waals surface area (Å²) in [6.45, 7) is 4.33. The standard InChI is InChI=1S/C17H17BrN2O/c1-17(2,11-19)13-3-6-15(7-4-13)20-10-12-9-14(18)5-8-16(12)21/h3-9,20-21H,10H2,1-2H3. The Labute approximate surface area is 133 Å². The Morgan fingerprint density at radius 3 is 2.48 bits per heavy atom. The Morgan fingerprint density at radius 2 is 1.86 bits per heavy atom. The molecule has 0 aliphatic rings. The Morgan fingerprint density at radius 1 is 1.19 bits per heavy atom. The minimum absolute atomic E-state index is 0.271. The molecule has 0 aromatic heterocycles. The number of phenols is 1. The summed E-state index contributed by atoms with van der Waals surface area (Å²) in [6, 6.07) is 15.4. The fourth-order valence-corrected chi connectivity index (χ4v) is 2.37. The quantitative estimate of drug-likeness (QED) is 0.854. The van der Waals surface area contributed by atoms with Crippen LogP contribution < -0.4 is 5.32 Å². The number of rotatable bonds is 4. The van der Waals surface area contributed by atoms with Crippen LogP contribution in [0.2, 0.25) is 0 Å². The molecule has 2 rings (SSSR count). The zero-order chi connectivity index (χ0) is 15.5. The number of hydrogen-bond donors (Lipinski definition) is 2. The highest BCUT2D eigenvalue weighted by atomic mass is 79.9. The zero-order valence-corrected chi connectivity index (χ0v) is 13.6. The largest absolute Gasteiger partial charge is 0.508 e. The van der Waals surface area contributed by atoms with E-state index >= 15 is 0 Å². The van der Waals surface area contributed by atoms with E-state index in [1.165, 1.54) is 0 Å². The van der Waals surface area contributed by atoms with Gasteiger partial charge in [0.15, 0.2) is 0 Å². The van der Waals surface area contributed by atoms with Gasteiger partial charge in [-0.3, -0.25) is 0 Å². The van der Waals surface area contributed by atoms with Gasteiger partial charge in [0.2, 0.25) is 0 Å². The molecule has 0 bridgehead atoms. The molecule has 0 radical (unpaired) electrons. The summed E-state index contributed by atoms with van der Waals surface area (Å²) in [5.41, 5.74) is 2.28. The van der Waals surface area contributed by atoms with Crippen molar-refractivity contribution in [1.82, 2.24) is 0 Å². The second-order valence-corrected chi connectivity index (χ2v) is 6.36. The second kappa shape index (κ2) is 6.19. The van der Waals surface area contributed by atoms with Gasteiger partial charge in [0, 0.05) is 22.3 Å². The summed E-state index contributed by atoms with van der Waals surface area (Å²) in [6.07, 6.45) is 0. The van der Waals surface area contributed by atoms with Crippen LogP contribution in [-0.2, 0) is 12.0 Å². The van der Waals surface area contributed by atoms with Crippen molar-refractivity contribution in [2.75, 3.05) is 5.32 Å². The van der Waals surface area contributed by atoms with Gasteiger partial charge in [-0.2, -0.15) is 5.26 Å². The molecule has 2 aromatic rings. The highest BCUT2D eigenvalue weighted by Gasteiger charge is 2.19. The van der Waals surface area contributed by atoms with Gasteiger partial charge in [0.25, 0.3) is 0 Å². The summed E-state index contributed by atoms with van der Waals surface area (Å²) in [5, 5.41) is 22.2. The highest BCUT2D eigenvalue weighted by Crippen LogP contribution is 2.25. The Balaban J connectivity index is 2.08. The van der Waals surface area contributed by atoms with Gasteiger partial charge in [0.05, 0.1) is 11.5 Å². The van der Waals surface area contributed by atoms with E-state index in [-0.39, 0.29) is 5.75 Å². The molecule has 0 aliphatic carbocycles. The monoisotopic (exact) mass is 344 g/mol. The van der Waals surface area contributed by atoms with E-state index in [2.05, 4.69) is 27.3 Å². The molecule has 3 nitrogen and oxygen atoms in total. The molecule has 0 aliphatic heterocycles. The Bertz CT molecular complexity index is 672. The SMILES string of the molecule is CC(C)(C#N)c1ccc(NCc2cc(Br)ccc2O)cc1. The fraction of sp³-hybridized carbons (Fsp3) is 0.235. The van der Waals surface area contributed by atoms with Gasteiger partial charge in [0.1, 0.15) is 5.75 Å². The van der Waals surface area contributed by atoms with E-state index in [9.17, 15) is 5.11 Å². The number of hydrogen-bond acceptors (Lipinski definition) is 3. The lowest BCUT2D eigenvalue weighted by Crippen LogP contribution is -2.13. The number of nitrogens with one attached hydrogen (secondary N) is 1. The normalized spacial score (nSPS) is 11.0. The van der Waals surface area contributed by atoms with Crippen LogP contribution in [0.3, 0.4) is 0 Å². The number of benzene rings is 2. The van der Waals surface area contributed by atoms with Crippen LogP contribution in [0.5, 0.6) is 5.75 Å². The van der Waals surface area contributed by atoms with Gasteiger partial charge >= 0.3 is 0 Å². The molecular formula is C17H17BrN2O. The van der Waals surface area contributed by atoms with Crippen molar-refractivity contribution in [2.45, 2.75) is 25.8 Å². The van der Waals surface area contributed by atoms with E-state index in [4.69, 9.17) is 5.26 Å². The summed E-state index contributed by atoms with van der Waals surface area (Å²) < 4.78 is 0.934. The molecule has 0 unspecified atom stereocenters. The number of aromatic hydroxyl groups is 1. The van der Waals surface area contributed by atoms with E-state index in [0.717, 1.165) is 21.3 Å². The maximum atomic E-state index is 9.80. The topological polar surface area (TPSA) is 56.0 Å². The van der Waals surface area contributed by atoms with Crippen LogP contribution in [0.4, 0.5) is 5.69 Å². The van der Waals surface area contributed by atoms with Crippen molar-refractivity contribution in [3.05, 3.63) is 58.1 Å². The maximum absolute atomic E-state index is 9.80. The Kier molecular flexibility index (Phi) is 4.54. The molecule has 0 spiro atoms. The first-order valence-electron chi connectivity index (χ1n) is 6.65. The van der Waals surface area contributed by atoms with Crippen molar-refractivity contribution in [2.24, 2.45) is 0 Å². The predicted octanol–water partition coefficient (Wildman–Crippen LogP) is 4.57. The molecule has 0 atom stereocenters. The summed E-state index contributed by atoms with van der Waals surface area (Å²) in [4.78, 5) is 0. The number of anilines is 1. The summed E-state index contributed by atoms with van der Waals surface area (Å²) in [7, 11) is 0. The van der Waals surface area contributed by atoms with E-state index in [1.54, 1.807) is 12.1 Å². The predicted molar refractivity (Wildman–Crippen MR) is 88.2 cm³/mol. The Hall–Kier alpha value is -1.99. The third-order valence-electron chi connectivity index (χ3n) is 3.41. The first kappa shape index (κ1) is 15.4. The third-order valence-corrected chi connectivity index (χ3v) is 3.90. The van der Waals surface area contributed by atoms with E-state index < -0.39 is 5.41 Å². The van der Waals surface area contributed by atoms with Gasteiger partial charge in [-0.05, 0) is 49.7 Å². The summed E-state index contributed by atoms with van der Waals surface area (Å²) >= 11 is 3.39. The van der Waals surface area contributed by atoms with Crippen molar-refractivity contribution < 1.29 is 5.11 Å². The van der Waals surface area contributed by atoms with Gasteiger partial charge in [-0.1, -0.05) is 28.1 Å². The molecule has 0 saturated heterocycles. The van der Waals surface area contributed by atoms with Crippen LogP contribution in [-0.4, -0.2) is 5.11 Å². The molecule has 21 heavy (non-hydrogen) atoms. The molecule has 0 amide bonds. The van der Waals surface area contributed by atoms with Crippen molar-refractivity contribution in [3.63, 3.8) is 0 Å². The van der Waals surface area contributed by atoms with E-state index in [0.29, 0.717) is 6.54 Å². The maximum Gasteiger partial charge on any atom is 0.120 e. The van der Waals surface area contributed by atoms with Gasteiger partial charge in [-0.15, -0.1) is 0 Å². The molecule has 0 heterocycles. The number of phenolic OH excluding ortho intramolecular Hbond substituents is 1. The fourth-order valence-electron chi connectivity index (χ4n) is 1.96. The average molecular weight is 345 g/mol. The second-order valence-electron chi connectivity index (χ2n) is 5.44. The molecular weight excluding hydrogens is 328 g/mol. The van der Waals surface area contributed by atoms with Crippen LogP contribution >= 0.6 is 15.9 Å². The van der Waals surface area contributed by atoms with Crippen molar-refractivity contribution in [1.29, 1.82) is 5.26 Å². The third kappa shape index (κ3) is 3.77. The summed E-state index contributed by atoms with van der Waals surface area (Å²) in [5.74, 6) is 0.271. The lowest BCUT2D eigenvalue weighted by Gasteiger charge is -2.16. The molecule has 0 saturated carbocycles. The molecule has 0 fully saturated rings. The van der Waals surface area contributed by atoms with Crippen LogP contribution in [0.1, 0.15) is 25.0 Å². The molecule has 2 aromatic carbocycles. The molecule has 108 valence electrons. The number of halogens is 1. The lowest BCUT2D eigenvalue weighted by atomic mass is 9.86. The first-order valence-corrected chi connectivity index (χ1v) is 7.45. The number of nitrogens with zero attached hydrogens (tertiary/aromatic N) is 1. The van der Waals surface area contributed by atoms with Gasteiger partial charge in [-0.25, -0.2) is 0 Å². The van der Waals surface area contributed by atoms with Gasteiger partial charge < -0.3 is 10.4 Å². The first-order chi connectivity index (χ1) is 9.92. The van der Waals surface area contributed by atoms with Crippen LogP contribution in [0.15, 0.2) is 46.9 Å². The zero-order valence-electron chi connectivity index (χ0n) is 12.0. The minimum Gasteiger partial charge on any atom is -0.508 e. The minimum atomic E-state index is -0.485. The molecule has 4 heteroatoms. The van der Waals surface area contributed by atoms with Crippen molar-refractivity contribution >= 4 is 21.6 Å². The lowest BCUT2D eigenvalue weighted by molar-refractivity contribution is 0.469. The van der Waals surface area contributed by atoms with Crippen molar-refractivity contribution in [3.8, 4) is 11.8 Å². The van der Waals surface area contributed by atoms with E-state index in [1.807, 2.05) is 44.2 Å². The average Bonchev–Trinajstić information content (AvgIpc) is 2.48.